The Labute approximate surface area is 257 Å². The van der Waals surface area contributed by atoms with E-state index in [1.54, 1.807) is 31.2 Å². The van der Waals surface area contributed by atoms with E-state index in [9.17, 15) is 18.0 Å². The van der Waals surface area contributed by atoms with Gasteiger partial charge in [-0.25, -0.2) is 8.42 Å². The Balaban J connectivity index is 1.52. The number of benzene rings is 3. The molecule has 1 unspecified atom stereocenters. The molecule has 1 aliphatic carbocycles. The van der Waals surface area contributed by atoms with Crippen LogP contribution >= 0.6 is 15.9 Å². The highest BCUT2D eigenvalue weighted by Gasteiger charge is 2.31. The van der Waals surface area contributed by atoms with Gasteiger partial charge < -0.3 is 15.0 Å². The number of carbonyl (C=O) groups excluding carboxylic acids is 2. The molecule has 1 saturated carbocycles. The Morgan fingerprint density at radius 3 is 2.26 bits per heavy atom. The summed E-state index contributed by atoms with van der Waals surface area (Å²) in [4.78, 5) is 28.6. The molecule has 1 aliphatic rings. The van der Waals surface area contributed by atoms with Gasteiger partial charge in [0.1, 0.15) is 24.9 Å². The van der Waals surface area contributed by atoms with Crippen molar-refractivity contribution in [2.24, 2.45) is 0 Å². The molecule has 2 amide bonds. The van der Waals surface area contributed by atoms with E-state index in [0.717, 1.165) is 58.3 Å². The normalized spacial score (nSPS) is 14.5. The highest BCUT2D eigenvalue weighted by atomic mass is 79.9. The van der Waals surface area contributed by atoms with E-state index in [1.165, 1.54) is 4.90 Å². The predicted molar refractivity (Wildman–Crippen MR) is 169 cm³/mol. The number of rotatable bonds is 12. The van der Waals surface area contributed by atoms with Crippen LogP contribution in [-0.2, 0) is 32.8 Å². The summed E-state index contributed by atoms with van der Waals surface area (Å²) >= 11 is 3.47. The number of carbonyl (C=O) groups is 2. The van der Waals surface area contributed by atoms with E-state index in [-0.39, 0.29) is 18.5 Å². The van der Waals surface area contributed by atoms with Gasteiger partial charge in [0.15, 0.2) is 0 Å². The van der Waals surface area contributed by atoms with Crippen LogP contribution in [0.15, 0.2) is 83.3 Å². The van der Waals surface area contributed by atoms with Gasteiger partial charge in [0, 0.05) is 17.1 Å². The van der Waals surface area contributed by atoms with Crippen molar-refractivity contribution >= 4 is 43.5 Å². The number of amides is 2. The highest BCUT2D eigenvalue weighted by Crippen LogP contribution is 2.24. The molecule has 0 heterocycles. The number of halogens is 1. The predicted octanol–water partition coefficient (Wildman–Crippen LogP) is 5.66. The van der Waals surface area contributed by atoms with Crippen molar-refractivity contribution in [2.75, 3.05) is 17.1 Å². The Hall–Kier alpha value is -3.37. The first-order valence-electron chi connectivity index (χ1n) is 14.2. The minimum Gasteiger partial charge on any atom is -0.489 e. The second-order valence-corrected chi connectivity index (χ2v) is 13.5. The Kier molecular flexibility index (Phi) is 11.0. The molecule has 0 aliphatic heterocycles. The molecule has 10 heteroatoms. The smallest absolute Gasteiger partial charge is 0.244 e. The zero-order valence-electron chi connectivity index (χ0n) is 24.0. The van der Waals surface area contributed by atoms with Gasteiger partial charge in [0.05, 0.1) is 11.9 Å². The van der Waals surface area contributed by atoms with Crippen LogP contribution in [0.1, 0.15) is 50.2 Å². The van der Waals surface area contributed by atoms with Crippen LogP contribution in [0, 0.1) is 0 Å². The zero-order chi connectivity index (χ0) is 30.1. The second kappa shape index (κ2) is 14.7. The maximum absolute atomic E-state index is 13.8. The fraction of sp³-hybridized carbons (Fsp3) is 0.375. The number of nitrogens with one attached hydrogen (secondary N) is 1. The SMILES string of the molecule is CC(C(=O)NC1CCCCC1)N(Cc1cccc(Br)c1)C(=O)CN(c1ccc(OCc2ccccc2)cc1)S(C)(=O)=O. The summed E-state index contributed by atoms with van der Waals surface area (Å²) in [6, 6.07) is 23.1. The lowest BCUT2D eigenvalue weighted by molar-refractivity contribution is -0.139. The van der Waals surface area contributed by atoms with Crippen LogP contribution in [0.2, 0.25) is 0 Å². The molecule has 0 radical (unpaired) electrons. The molecule has 0 bridgehead atoms. The first kappa shape index (κ1) is 31.6. The van der Waals surface area contributed by atoms with Gasteiger partial charge in [0.2, 0.25) is 21.8 Å². The van der Waals surface area contributed by atoms with Gasteiger partial charge in [-0.3, -0.25) is 13.9 Å². The molecule has 1 fully saturated rings. The molecule has 224 valence electrons. The molecule has 0 spiro atoms. The first-order valence-corrected chi connectivity index (χ1v) is 16.8. The summed E-state index contributed by atoms with van der Waals surface area (Å²) < 4.78 is 33.5. The molecule has 42 heavy (non-hydrogen) atoms. The van der Waals surface area contributed by atoms with Gasteiger partial charge >= 0.3 is 0 Å². The van der Waals surface area contributed by atoms with E-state index >= 15 is 0 Å². The maximum atomic E-state index is 13.8. The van der Waals surface area contributed by atoms with Crippen LogP contribution in [0.25, 0.3) is 0 Å². The lowest BCUT2D eigenvalue weighted by Crippen LogP contribution is -2.52. The lowest BCUT2D eigenvalue weighted by Gasteiger charge is -2.33. The summed E-state index contributed by atoms with van der Waals surface area (Å²) in [7, 11) is -3.83. The number of anilines is 1. The topological polar surface area (TPSA) is 96.0 Å². The fourth-order valence-electron chi connectivity index (χ4n) is 5.05. The third kappa shape index (κ3) is 9.06. The third-order valence-electron chi connectivity index (χ3n) is 7.41. The van der Waals surface area contributed by atoms with Gasteiger partial charge in [0.25, 0.3) is 0 Å². The van der Waals surface area contributed by atoms with E-state index in [2.05, 4.69) is 21.2 Å². The van der Waals surface area contributed by atoms with Crippen molar-refractivity contribution in [1.82, 2.24) is 10.2 Å². The molecule has 8 nitrogen and oxygen atoms in total. The number of hydrogen-bond acceptors (Lipinski definition) is 5. The van der Waals surface area contributed by atoms with Gasteiger partial charge in [-0.05, 0) is 67.3 Å². The largest absolute Gasteiger partial charge is 0.489 e. The van der Waals surface area contributed by atoms with Crippen molar-refractivity contribution in [2.45, 2.75) is 64.3 Å². The van der Waals surface area contributed by atoms with Crippen molar-refractivity contribution in [3.8, 4) is 5.75 Å². The Morgan fingerprint density at radius 1 is 0.952 bits per heavy atom. The minimum atomic E-state index is -3.83. The van der Waals surface area contributed by atoms with Gasteiger partial charge in [-0.1, -0.05) is 77.7 Å². The quantitative estimate of drug-likeness (QED) is 0.272. The molecular weight excluding hydrogens is 618 g/mol. The Morgan fingerprint density at radius 2 is 1.62 bits per heavy atom. The average Bonchev–Trinajstić information content (AvgIpc) is 2.98. The van der Waals surface area contributed by atoms with Crippen molar-refractivity contribution in [3.05, 3.63) is 94.5 Å². The molecule has 0 saturated heterocycles. The third-order valence-corrected chi connectivity index (χ3v) is 9.05. The van der Waals surface area contributed by atoms with Crippen LogP contribution in [-0.4, -0.2) is 50.0 Å². The summed E-state index contributed by atoms with van der Waals surface area (Å²) in [6.07, 6.45) is 6.21. The van der Waals surface area contributed by atoms with E-state index in [0.29, 0.717) is 18.0 Å². The molecule has 3 aromatic rings. The minimum absolute atomic E-state index is 0.0895. The van der Waals surface area contributed by atoms with Crippen molar-refractivity contribution < 1.29 is 22.7 Å². The fourth-order valence-corrected chi connectivity index (χ4v) is 6.34. The van der Waals surface area contributed by atoms with Crippen LogP contribution in [0.5, 0.6) is 5.75 Å². The molecule has 4 rings (SSSR count). The van der Waals surface area contributed by atoms with Crippen LogP contribution < -0.4 is 14.4 Å². The summed E-state index contributed by atoms with van der Waals surface area (Å²) in [5.41, 5.74) is 2.16. The summed E-state index contributed by atoms with van der Waals surface area (Å²) in [6.45, 7) is 1.77. The molecular formula is C32H38BrN3O5S. The van der Waals surface area contributed by atoms with E-state index in [1.807, 2.05) is 54.6 Å². The van der Waals surface area contributed by atoms with Crippen molar-refractivity contribution in [1.29, 1.82) is 0 Å². The number of sulfonamides is 1. The zero-order valence-corrected chi connectivity index (χ0v) is 26.4. The van der Waals surface area contributed by atoms with Gasteiger partial charge in [-0.15, -0.1) is 0 Å². The number of nitrogens with zero attached hydrogens (tertiary/aromatic N) is 2. The molecule has 0 aromatic heterocycles. The standard InChI is InChI=1S/C32H38BrN3O5S/c1-24(32(38)34-28-14-7-4-8-15-28)35(21-26-12-9-13-27(33)20-26)31(37)22-36(42(2,39)40)29-16-18-30(19-17-29)41-23-25-10-5-3-6-11-25/h3,5-6,9-13,16-20,24,28H,4,7-8,14-15,21-23H2,1-2H3,(H,34,38). The van der Waals surface area contributed by atoms with E-state index < -0.39 is 28.5 Å². The number of hydrogen-bond donors (Lipinski definition) is 1. The van der Waals surface area contributed by atoms with Crippen molar-refractivity contribution in [3.63, 3.8) is 0 Å². The maximum Gasteiger partial charge on any atom is 0.244 e. The highest BCUT2D eigenvalue weighted by molar-refractivity contribution is 9.10. The summed E-state index contributed by atoms with van der Waals surface area (Å²) in [5.74, 6) is -0.140. The monoisotopic (exact) mass is 655 g/mol. The average molecular weight is 657 g/mol. The number of ether oxygens (including phenoxy) is 1. The first-order chi connectivity index (χ1) is 20.1. The Bertz CT molecular complexity index is 1440. The second-order valence-electron chi connectivity index (χ2n) is 10.7. The van der Waals surface area contributed by atoms with E-state index in [4.69, 9.17) is 4.74 Å². The van der Waals surface area contributed by atoms with Crippen LogP contribution in [0.3, 0.4) is 0 Å². The lowest BCUT2D eigenvalue weighted by atomic mass is 9.95. The van der Waals surface area contributed by atoms with Crippen LogP contribution in [0.4, 0.5) is 5.69 Å². The van der Waals surface area contributed by atoms with Gasteiger partial charge in [-0.2, -0.15) is 0 Å². The molecule has 1 atom stereocenters. The molecule has 1 N–H and O–H groups in total. The molecule has 3 aromatic carbocycles. The summed E-state index contributed by atoms with van der Waals surface area (Å²) in [5, 5.41) is 3.11.